The van der Waals surface area contributed by atoms with E-state index >= 15 is 0 Å². The number of benzene rings is 1. The minimum absolute atomic E-state index is 0.0809. The van der Waals surface area contributed by atoms with Gasteiger partial charge in [-0.05, 0) is 32.0 Å². The molecule has 0 amide bonds. The van der Waals surface area contributed by atoms with Crippen LogP contribution < -0.4 is 4.74 Å². The van der Waals surface area contributed by atoms with Crippen LogP contribution in [-0.4, -0.2) is 22.0 Å². The Hall–Kier alpha value is -1.23. The Morgan fingerprint density at radius 1 is 1.30 bits per heavy atom. The van der Waals surface area contributed by atoms with E-state index in [2.05, 4.69) is 5.10 Å². The summed E-state index contributed by atoms with van der Waals surface area (Å²) >= 11 is 12.2. The first kappa shape index (κ1) is 15.2. The quantitative estimate of drug-likeness (QED) is 0.932. The van der Waals surface area contributed by atoms with E-state index in [0.29, 0.717) is 27.1 Å². The molecule has 6 heteroatoms. The van der Waals surface area contributed by atoms with E-state index in [1.165, 1.54) is 6.20 Å². The van der Waals surface area contributed by atoms with Crippen molar-refractivity contribution in [3.8, 4) is 5.75 Å². The zero-order chi connectivity index (χ0) is 14.9. The highest BCUT2D eigenvalue weighted by Crippen LogP contribution is 2.35. The second-order valence-corrected chi connectivity index (χ2v) is 5.55. The van der Waals surface area contributed by atoms with Gasteiger partial charge in [0.15, 0.2) is 0 Å². The Labute approximate surface area is 127 Å². The van der Waals surface area contributed by atoms with Gasteiger partial charge in [-0.15, -0.1) is 0 Å². The Morgan fingerprint density at radius 3 is 2.60 bits per heavy atom. The molecule has 1 atom stereocenters. The van der Waals surface area contributed by atoms with Crippen molar-refractivity contribution in [3.63, 3.8) is 0 Å². The minimum atomic E-state index is -0.957. The molecule has 0 aliphatic carbocycles. The number of methoxy groups -OCH3 is 1. The number of nitrogens with zero attached hydrogens (tertiary/aromatic N) is 2. The molecule has 0 radical (unpaired) electrons. The van der Waals surface area contributed by atoms with Gasteiger partial charge in [0.25, 0.3) is 0 Å². The summed E-state index contributed by atoms with van der Waals surface area (Å²) in [4.78, 5) is 0. The summed E-state index contributed by atoms with van der Waals surface area (Å²) in [7, 11) is 1.54. The monoisotopic (exact) mass is 314 g/mol. The Morgan fingerprint density at radius 2 is 2.00 bits per heavy atom. The van der Waals surface area contributed by atoms with E-state index in [4.69, 9.17) is 27.9 Å². The van der Waals surface area contributed by atoms with E-state index in [1.807, 2.05) is 13.8 Å². The van der Waals surface area contributed by atoms with E-state index in [0.717, 1.165) is 0 Å². The topological polar surface area (TPSA) is 47.3 Å². The van der Waals surface area contributed by atoms with Gasteiger partial charge in [0.1, 0.15) is 11.9 Å². The highest BCUT2D eigenvalue weighted by molar-refractivity contribution is 6.31. The number of ether oxygens (including phenoxy) is 1. The third-order valence-corrected chi connectivity index (χ3v) is 3.55. The lowest BCUT2D eigenvalue weighted by Crippen LogP contribution is -2.13. The lowest BCUT2D eigenvalue weighted by atomic mass is 10.0. The van der Waals surface area contributed by atoms with Crippen molar-refractivity contribution in [3.05, 3.63) is 45.7 Å². The van der Waals surface area contributed by atoms with Crippen LogP contribution in [0.25, 0.3) is 0 Å². The van der Waals surface area contributed by atoms with Crippen LogP contribution in [0.1, 0.15) is 37.3 Å². The summed E-state index contributed by atoms with van der Waals surface area (Å²) in [6, 6.07) is 5.17. The summed E-state index contributed by atoms with van der Waals surface area (Å²) in [5.41, 5.74) is 1.09. The molecule has 1 heterocycles. The molecule has 108 valence electrons. The van der Waals surface area contributed by atoms with Crippen LogP contribution >= 0.6 is 23.2 Å². The maximum Gasteiger partial charge on any atom is 0.126 e. The van der Waals surface area contributed by atoms with Gasteiger partial charge in [-0.3, -0.25) is 4.68 Å². The van der Waals surface area contributed by atoms with Crippen molar-refractivity contribution in [2.75, 3.05) is 7.11 Å². The van der Waals surface area contributed by atoms with Gasteiger partial charge in [0.05, 0.1) is 24.0 Å². The van der Waals surface area contributed by atoms with Crippen LogP contribution in [0.3, 0.4) is 0 Å². The number of rotatable bonds is 4. The van der Waals surface area contributed by atoms with Gasteiger partial charge in [-0.1, -0.05) is 23.2 Å². The molecule has 0 saturated heterocycles. The van der Waals surface area contributed by atoms with Gasteiger partial charge < -0.3 is 9.84 Å². The molecule has 0 spiro atoms. The number of hydrogen-bond donors (Lipinski definition) is 1. The summed E-state index contributed by atoms with van der Waals surface area (Å²) < 4.78 is 6.96. The van der Waals surface area contributed by atoms with Gasteiger partial charge in [0, 0.05) is 16.6 Å². The first-order chi connectivity index (χ1) is 9.45. The van der Waals surface area contributed by atoms with Crippen molar-refractivity contribution in [2.24, 2.45) is 0 Å². The third-order valence-electron chi connectivity index (χ3n) is 3.02. The van der Waals surface area contributed by atoms with E-state index in [-0.39, 0.29) is 6.04 Å². The molecular formula is C14H16Cl2N2O2. The summed E-state index contributed by atoms with van der Waals surface area (Å²) in [5.74, 6) is 0.550. The van der Waals surface area contributed by atoms with Crippen molar-refractivity contribution in [1.82, 2.24) is 9.78 Å². The standard InChI is InChI=1S/C14H16Cl2N2O2/c1-8(2)18-13(11(16)7-17-18)14(19)10-6-9(15)4-5-12(10)20-3/h4-8,14,19H,1-3H3. The fraction of sp³-hybridized carbons (Fsp3) is 0.357. The Balaban J connectivity index is 2.54. The molecule has 2 aromatic rings. The number of halogens is 2. The molecular weight excluding hydrogens is 299 g/mol. The molecule has 0 aliphatic rings. The number of aromatic nitrogens is 2. The summed E-state index contributed by atoms with van der Waals surface area (Å²) in [6.07, 6.45) is 0.568. The van der Waals surface area contributed by atoms with Crippen molar-refractivity contribution < 1.29 is 9.84 Å². The average molecular weight is 315 g/mol. The highest BCUT2D eigenvalue weighted by Gasteiger charge is 2.24. The molecule has 1 aromatic heterocycles. The third kappa shape index (κ3) is 2.77. The second kappa shape index (κ2) is 6.04. The van der Waals surface area contributed by atoms with Crippen LogP contribution in [-0.2, 0) is 0 Å². The number of hydrogen-bond acceptors (Lipinski definition) is 3. The largest absolute Gasteiger partial charge is 0.496 e. The smallest absolute Gasteiger partial charge is 0.126 e. The summed E-state index contributed by atoms with van der Waals surface area (Å²) in [5, 5.41) is 15.8. The van der Waals surface area contributed by atoms with Crippen LogP contribution in [0.2, 0.25) is 10.0 Å². The molecule has 4 nitrogen and oxygen atoms in total. The predicted molar refractivity (Wildman–Crippen MR) is 79.7 cm³/mol. The molecule has 1 N–H and O–H groups in total. The number of aliphatic hydroxyl groups excluding tert-OH is 1. The Bertz CT molecular complexity index is 611. The maximum atomic E-state index is 10.6. The van der Waals surface area contributed by atoms with Crippen molar-refractivity contribution in [1.29, 1.82) is 0 Å². The fourth-order valence-corrected chi connectivity index (χ4v) is 2.50. The van der Waals surface area contributed by atoms with Crippen LogP contribution in [0, 0.1) is 0 Å². The Kier molecular flexibility index (Phi) is 4.58. The molecule has 0 bridgehead atoms. The van der Waals surface area contributed by atoms with Gasteiger partial charge in [0.2, 0.25) is 0 Å². The highest BCUT2D eigenvalue weighted by atomic mass is 35.5. The SMILES string of the molecule is COc1ccc(Cl)cc1C(O)c1c(Cl)cnn1C(C)C. The van der Waals surface area contributed by atoms with Crippen LogP contribution in [0.15, 0.2) is 24.4 Å². The van der Waals surface area contributed by atoms with Gasteiger partial charge in [-0.2, -0.15) is 5.10 Å². The molecule has 1 aromatic carbocycles. The second-order valence-electron chi connectivity index (χ2n) is 4.70. The molecule has 0 fully saturated rings. The predicted octanol–water partition coefficient (Wildman–Crippen LogP) is 3.86. The first-order valence-corrected chi connectivity index (χ1v) is 6.95. The van der Waals surface area contributed by atoms with Crippen LogP contribution in [0.4, 0.5) is 0 Å². The zero-order valence-corrected chi connectivity index (χ0v) is 13.0. The summed E-state index contributed by atoms with van der Waals surface area (Å²) in [6.45, 7) is 3.93. The van der Waals surface area contributed by atoms with Gasteiger partial charge >= 0.3 is 0 Å². The van der Waals surface area contributed by atoms with Crippen LogP contribution in [0.5, 0.6) is 5.75 Å². The molecule has 0 aliphatic heterocycles. The average Bonchev–Trinajstić information content (AvgIpc) is 2.80. The van der Waals surface area contributed by atoms with E-state index in [1.54, 1.807) is 30.0 Å². The van der Waals surface area contributed by atoms with Crippen molar-refractivity contribution >= 4 is 23.2 Å². The molecule has 20 heavy (non-hydrogen) atoms. The lowest BCUT2D eigenvalue weighted by molar-refractivity contribution is 0.200. The molecule has 1 unspecified atom stereocenters. The van der Waals surface area contributed by atoms with Crippen molar-refractivity contribution in [2.45, 2.75) is 26.0 Å². The number of aliphatic hydroxyl groups is 1. The first-order valence-electron chi connectivity index (χ1n) is 6.20. The minimum Gasteiger partial charge on any atom is -0.496 e. The van der Waals surface area contributed by atoms with E-state index in [9.17, 15) is 5.11 Å². The lowest BCUT2D eigenvalue weighted by Gasteiger charge is -2.19. The normalized spacial score (nSPS) is 12.8. The fourth-order valence-electron chi connectivity index (χ4n) is 2.08. The van der Waals surface area contributed by atoms with Gasteiger partial charge in [-0.25, -0.2) is 0 Å². The molecule has 2 rings (SSSR count). The maximum absolute atomic E-state index is 10.6. The molecule has 0 saturated carbocycles. The zero-order valence-electron chi connectivity index (χ0n) is 11.5. The van der Waals surface area contributed by atoms with E-state index < -0.39 is 6.10 Å².